The van der Waals surface area contributed by atoms with Gasteiger partial charge in [-0.15, -0.1) is 0 Å². The van der Waals surface area contributed by atoms with Crippen LogP contribution in [0.3, 0.4) is 0 Å². The summed E-state index contributed by atoms with van der Waals surface area (Å²) in [5.41, 5.74) is 4.49. The molecule has 29 heavy (non-hydrogen) atoms. The molecule has 2 aromatic carbocycles. The van der Waals surface area contributed by atoms with Crippen LogP contribution in [0.5, 0.6) is 5.75 Å². The minimum atomic E-state index is -0.979. The number of unbranched alkanes of at least 4 members (excludes halogenated alkanes) is 1. The first kappa shape index (κ1) is 21.7. The predicted octanol–water partition coefficient (Wildman–Crippen LogP) is 5.14. The molecule has 0 radical (unpaired) electrons. The van der Waals surface area contributed by atoms with Crippen molar-refractivity contribution in [3.63, 3.8) is 0 Å². The molecule has 1 unspecified atom stereocenters. The molecule has 1 aliphatic rings. The quantitative estimate of drug-likeness (QED) is 0.505. The zero-order chi connectivity index (χ0) is 21.0. The fraction of sp³-hybridized carbons (Fsp3) is 0.458. The number of carbonyl (C=O) groups is 1. The summed E-state index contributed by atoms with van der Waals surface area (Å²) in [6, 6.07) is 12.1. The number of hydrogen-bond donors (Lipinski definition) is 1. The molecule has 1 atom stereocenters. The van der Waals surface area contributed by atoms with E-state index < -0.39 is 11.2 Å². The van der Waals surface area contributed by atoms with Crippen LogP contribution in [-0.4, -0.2) is 22.8 Å². The van der Waals surface area contributed by atoms with Gasteiger partial charge in [0.2, 0.25) is 5.91 Å². The van der Waals surface area contributed by atoms with Crippen molar-refractivity contribution in [2.75, 3.05) is 17.7 Å². The molecule has 4 nitrogen and oxygen atoms in total. The molecule has 0 fully saturated rings. The molecule has 5 heteroatoms. The van der Waals surface area contributed by atoms with Crippen LogP contribution in [-0.2, 0) is 27.8 Å². The van der Waals surface area contributed by atoms with Crippen LogP contribution in [0.25, 0.3) is 0 Å². The van der Waals surface area contributed by atoms with E-state index in [1.807, 2.05) is 31.2 Å². The number of aryl methyl sites for hydroxylation is 2. The second-order valence-electron chi connectivity index (χ2n) is 8.70. The van der Waals surface area contributed by atoms with Gasteiger partial charge in [0.15, 0.2) is 4.90 Å². The van der Waals surface area contributed by atoms with E-state index in [1.54, 1.807) is 0 Å². The Morgan fingerprint density at radius 3 is 2.62 bits per heavy atom. The Hall–Kier alpha value is -1.98. The fourth-order valence-corrected chi connectivity index (χ4v) is 4.78. The predicted molar refractivity (Wildman–Crippen MR) is 119 cm³/mol. The molecule has 156 valence electrons. The minimum Gasteiger partial charge on any atom is -0.611 e. The standard InChI is InChI=1S/C24H31NO3S/c1-17-15-19(24(2,3)4)8-11-22(17)29(27)14-6-5-13-28-20-9-10-21-18(16-20)7-12-23(26)25-21/h8-11,15-16H,5-7,12-14H2,1-4H3,(H,25,26). The molecular formula is C24H31NO3S. The Labute approximate surface area is 177 Å². The van der Waals surface area contributed by atoms with E-state index in [0.29, 0.717) is 18.8 Å². The van der Waals surface area contributed by atoms with Gasteiger partial charge in [-0.1, -0.05) is 32.9 Å². The van der Waals surface area contributed by atoms with E-state index in [2.05, 4.69) is 38.2 Å². The molecule has 1 heterocycles. The summed E-state index contributed by atoms with van der Waals surface area (Å²) in [4.78, 5) is 12.4. The van der Waals surface area contributed by atoms with Crippen molar-refractivity contribution in [1.29, 1.82) is 0 Å². The fourth-order valence-electron chi connectivity index (χ4n) is 3.46. The maximum atomic E-state index is 12.7. The number of ether oxygens (including phenoxy) is 1. The topological polar surface area (TPSA) is 61.4 Å². The summed E-state index contributed by atoms with van der Waals surface area (Å²) in [7, 11) is 0. The van der Waals surface area contributed by atoms with Gasteiger partial charge in [-0.3, -0.25) is 4.79 Å². The summed E-state index contributed by atoms with van der Waals surface area (Å²) >= 11 is -0.979. The van der Waals surface area contributed by atoms with Crippen LogP contribution >= 0.6 is 0 Å². The molecule has 0 bridgehead atoms. The average Bonchev–Trinajstić information content (AvgIpc) is 2.66. The normalized spacial score (nSPS) is 14.9. The molecule has 1 aliphatic heterocycles. The third kappa shape index (κ3) is 5.77. The maximum absolute atomic E-state index is 12.7. The molecule has 0 aliphatic carbocycles. The number of anilines is 1. The second kappa shape index (κ2) is 9.23. The lowest BCUT2D eigenvalue weighted by atomic mass is 9.86. The van der Waals surface area contributed by atoms with Crippen LogP contribution in [0, 0.1) is 6.92 Å². The minimum absolute atomic E-state index is 0.0717. The summed E-state index contributed by atoms with van der Waals surface area (Å²) in [5, 5.41) is 2.88. The number of carbonyl (C=O) groups excluding carboxylic acids is 1. The van der Waals surface area contributed by atoms with Gasteiger partial charge in [-0.05, 0) is 78.2 Å². The molecule has 0 aromatic heterocycles. The maximum Gasteiger partial charge on any atom is 0.224 e. The second-order valence-corrected chi connectivity index (χ2v) is 10.2. The van der Waals surface area contributed by atoms with Crippen molar-refractivity contribution in [3.8, 4) is 5.75 Å². The molecule has 1 N–H and O–H groups in total. The molecular weight excluding hydrogens is 382 g/mol. The third-order valence-electron chi connectivity index (χ3n) is 5.25. The zero-order valence-corrected chi connectivity index (χ0v) is 18.7. The van der Waals surface area contributed by atoms with E-state index in [-0.39, 0.29) is 11.3 Å². The van der Waals surface area contributed by atoms with Gasteiger partial charge in [0.25, 0.3) is 0 Å². The van der Waals surface area contributed by atoms with Crippen LogP contribution in [0.15, 0.2) is 41.3 Å². The van der Waals surface area contributed by atoms with Crippen LogP contribution in [0.1, 0.15) is 56.7 Å². The van der Waals surface area contributed by atoms with Crippen molar-refractivity contribution in [2.45, 2.75) is 63.7 Å². The van der Waals surface area contributed by atoms with Gasteiger partial charge in [0.1, 0.15) is 11.5 Å². The molecule has 2 aromatic rings. The highest BCUT2D eigenvalue weighted by atomic mass is 32.2. The lowest BCUT2D eigenvalue weighted by Crippen LogP contribution is -2.18. The van der Waals surface area contributed by atoms with Crippen molar-refractivity contribution in [3.05, 3.63) is 53.1 Å². The number of nitrogens with one attached hydrogen (secondary N) is 1. The van der Waals surface area contributed by atoms with Gasteiger partial charge >= 0.3 is 0 Å². The van der Waals surface area contributed by atoms with Gasteiger partial charge in [-0.25, -0.2) is 0 Å². The Morgan fingerprint density at radius 1 is 1.10 bits per heavy atom. The largest absolute Gasteiger partial charge is 0.611 e. The Kier molecular flexibility index (Phi) is 6.91. The summed E-state index contributed by atoms with van der Waals surface area (Å²) in [5.74, 6) is 1.55. The summed E-state index contributed by atoms with van der Waals surface area (Å²) in [6.07, 6.45) is 3.00. The first-order valence-corrected chi connectivity index (χ1v) is 11.6. The summed E-state index contributed by atoms with van der Waals surface area (Å²) < 4.78 is 18.5. The zero-order valence-electron chi connectivity index (χ0n) is 17.8. The first-order valence-electron chi connectivity index (χ1n) is 10.3. The van der Waals surface area contributed by atoms with Gasteiger partial charge in [0.05, 0.1) is 6.61 Å². The molecule has 0 saturated carbocycles. The van der Waals surface area contributed by atoms with E-state index >= 15 is 0 Å². The Bertz CT molecular complexity index is 873. The van der Waals surface area contributed by atoms with Gasteiger partial charge < -0.3 is 14.6 Å². The highest BCUT2D eigenvalue weighted by Gasteiger charge is 2.19. The number of rotatable bonds is 7. The number of benzene rings is 2. The highest BCUT2D eigenvalue weighted by Crippen LogP contribution is 2.28. The third-order valence-corrected chi connectivity index (χ3v) is 6.86. The van der Waals surface area contributed by atoms with Gasteiger partial charge in [0, 0.05) is 17.7 Å². The first-order chi connectivity index (χ1) is 13.7. The monoisotopic (exact) mass is 413 g/mol. The highest BCUT2D eigenvalue weighted by molar-refractivity contribution is 7.91. The van der Waals surface area contributed by atoms with Crippen LogP contribution in [0.4, 0.5) is 5.69 Å². The number of fused-ring (bicyclic) bond motifs is 1. The average molecular weight is 414 g/mol. The van der Waals surface area contributed by atoms with Crippen molar-refractivity contribution < 1.29 is 14.1 Å². The van der Waals surface area contributed by atoms with Crippen LogP contribution in [0.2, 0.25) is 0 Å². The van der Waals surface area contributed by atoms with Crippen molar-refractivity contribution in [1.82, 2.24) is 0 Å². The Balaban J connectivity index is 1.44. The van der Waals surface area contributed by atoms with Gasteiger partial charge in [-0.2, -0.15) is 0 Å². The van der Waals surface area contributed by atoms with E-state index in [4.69, 9.17) is 4.74 Å². The number of hydrogen-bond acceptors (Lipinski definition) is 3. The Morgan fingerprint density at radius 2 is 1.90 bits per heavy atom. The lowest BCUT2D eigenvalue weighted by molar-refractivity contribution is -0.116. The van der Waals surface area contributed by atoms with Crippen molar-refractivity contribution >= 4 is 22.8 Å². The molecule has 3 rings (SSSR count). The van der Waals surface area contributed by atoms with Crippen LogP contribution < -0.4 is 10.1 Å². The van der Waals surface area contributed by atoms with E-state index in [0.717, 1.165) is 46.7 Å². The smallest absolute Gasteiger partial charge is 0.224 e. The summed E-state index contributed by atoms with van der Waals surface area (Å²) in [6.45, 7) is 9.22. The number of amides is 1. The lowest BCUT2D eigenvalue weighted by Gasteiger charge is -2.21. The molecule has 0 spiro atoms. The molecule has 1 amide bonds. The van der Waals surface area contributed by atoms with Crippen molar-refractivity contribution in [2.24, 2.45) is 0 Å². The van der Waals surface area contributed by atoms with E-state index in [9.17, 15) is 9.35 Å². The van der Waals surface area contributed by atoms with E-state index in [1.165, 1.54) is 5.56 Å². The molecule has 0 saturated heterocycles. The SMILES string of the molecule is Cc1cc(C(C)(C)C)ccc1[S+]([O-])CCCCOc1ccc2c(c1)CCC(=O)N2.